The molecule has 0 spiro atoms. The zero-order chi connectivity index (χ0) is 17.1. The Bertz CT molecular complexity index is 454. The number of carboxylic acids is 1. The van der Waals surface area contributed by atoms with Crippen LogP contribution in [0.5, 0.6) is 5.75 Å². The van der Waals surface area contributed by atoms with Crippen LogP contribution in [0.15, 0.2) is 18.2 Å². The molecule has 1 aliphatic carbocycles. The molecule has 22 heavy (non-hydrogen) atoms. The van der Waals surface area contributed by atoms with E-state index in [1.165, 1.54) is 19.2 Å². The standard InChI is InChI=1S/C7H6F2O.C7H11FO2.CH3F/c1-10-6-4-2-3-5(8)7(6)9;8-4-5-1-2-6(3-5)7(9)10;1-2/h2-4H,1H3;5-6H,1-4H2,(H,9,10);1H3/t;5?,6-;/m.0./s1. The zero-order valence-electron chi connectivity index (χ0n) is 12.5. The van der Waals surface area contributed by atoms with Gasteiger partial charge in [0, 0.05) is 0 Å². The smallest absolute Gasteiger partial charge is 0.306 e. The topological polar surface area (TPSA) is 46.5 Å². The molecule has 1 saturated carbocycles. The van der Waals surface area contributed by atoms with Crippen LogP contribution in [0.2, 0.25) is 0 Å². The quantitative estimate of drug-likeness (QED) is 0.854. The number of carbonyl (C=O) groups is 1. The van der Waals surface area contributed by atoms with Gasteiger partial charge in [-0.15, -0.1) is 0 Å². The number of alkyl halides is 2. The molecule has 3 nitrogen and oxygen atoms in total. The largest absolute Gasteiger partial charge is 0.494 e. The molecule has 2 rings (SSSR count). The van der Waals surface area contributed by atoms with Crippen LogP contribution in [-0.4, -0.2) is 32.0 Å². The van der Waals surface area contributed by atoms with Crippen molar-refractivity contribution >= 4 is 5.97 Å². The molecule has 1 aromatic carbocycles. The van der Waals surface area contributed by atoms with Crippen molar-refractivity contribution in [1.82, 2.24) is 0 Å². The van der Waals surface area contributed by atoms with Gasteiger partial charge in [-0.1, -0.05) is 6.07 Å². The Morgan fingerprint density at radius 2 is 1.95 bits per heavy atom. The minimum Gasteiger partial charge on any atom is -0.494 e. The van der Waals surface area contributed by atoms with Crippen LogP contribution in [-0.2, 0) is 4.79 Å². The number of carboxylic acid groups (broad SMARTS) is 1. The van der Waals surface area contributed by atoms with Crippen LogP contribution < -0.4 is 4.74 Å². The highest BCUT2D eigenvalue weighted by Crippen LogP contribution is 2.30. The van der Waals surface area contributed by atoms with E-state index in [1.54, 1.807) is 0 Å². The molecule has 0 amide bonds. The third kappa shape index (κ3) is 6.32. The zero-order valence-corrected chi connectivity index (χ0v) is 12.5. The van der Waals surface area contributed by atoms with Gasteiger partial charge in [-0.3, -0.25) is 13.6 Å². The molecular weight excluding hydrogens is 304 g/mol. The maximum atomic E-state index is 12.5. The first-order valence-corrected chi connectivity index (χ1v) is 6.64. The number of rotatable bonds is 3. The van der Waals surface area contributed by atoms with E-state index in [4.69, 9.17) is 5.11 Å². The molecule has 1 N–H and O–H groups in total. The molecule has 0 heterocycles. The van der Waals surface area contributed by atoms with Crippen molar-refractivity contribution in [3.8, 4) is 5.75 Å². The van der Waals surface area contributed by atoms with Crippen molar-refractivity contribution in [2.75, 3.05) is 21.0 Å². The summed E-state index contributed by atoms with van der Waals surface area (Å²) in [6, 6.07) is 3.79. The van der Waals surface area contributed by atoms with E-state index in [1.807, 2.05) is 0 Å². The molecule has 1 aromatic rings. The molecule has 1 aliphatic rings. The normalized spacial score (nSPS) is 19.4. The van der Waals surface area contributed by atoms with Crippen LogP contribution in [0.4, 0.5) is 17.6 Å². The van der Waals surface area contributed by atoms with Crippen molar-refractivity contribution in [1.29, 1.82) is 0 Å². The lowest BCUT2D eigenvalue weighted by molar-refractivity contribution is -0.141. The van der Waals surface area contributed by atoms with Crippen molar-refractivity contribution < 1.29 is 32.2 Å². The summed E-state index contributed by atoms with van der Waals surface area (Å²) in [5, 5.41) is 8.50. The number of ether oxygens (including phenoxy) is 1. The average molecular weight is 324 g/mol. The van der Waals surface area contributed by atoms with Crippen LogP contribution in [0.3, 0.4) is 0 Å². The van der Waals surface area contributed by atoms with Gasteiger partial charge in [0.05, 0.1) is 26.9 Å². The lowest BCUT2D eigenvalue weighted by atomic mass is 10.1. The number of halogens is 4. The Labute approximate surface area is 126 Å². The monoisotopic (exact) mass is 324 g/mol. The third-order valence-corrected chi connectivity index (χ3v) is 3.24. The molecular formula is C15H20F4O3. The maximum absolute atomic E-state index is 12.5. The molecule has 0 aromatic heterocycles. The second kappa shape index (κ2) is 10.9. The molecule has 0 saturated heterocycles. The van der Waals surface area contributed by atoms with E-state index in [0.717, 1.165) is 12.5 Å². The number of methoxy groups -OCH3 is 1. The van der Waals surface area contributed by atoms with E-state index >= 15 is 0 Å². The van der Waals surface area contributed by atoms with E-state index in [0.29, 0.717) is 20.0 Å². The summed E-state index contributed by atoms with van der Waals surface area (Å²) in [6.07, 6.45) is 1.93. The van der Waals surface area contributed by atoms with Crippen molar-refractivity contribution in [2.45, 2.75) is 19.3 Å². The maximum Gasteiger partial charge on any atom is 0.306 e. The van der Waals surface area contributed by atoms with Crippen molar-refractivity contribution in [3.05, 3.63) is 29.8 Å². The average Bonchev–Trinajstić information content (AvgIpc) is 3.02. The van der Waals surface area contributed by atoms with Gasteiger partial charge in [0.1, 0.15) is 0 Å². The Morgan fingerprint density at radius 3 is 2.32 bits per heavy atom. The molecule has 0 bridgehead atoms. The minimum atomic E-state index is -0.940. The second-order valence-corrected chi connectivity index (χ2v) is 4.62. The van der Waals surface area contributed by atoms with Gasteiger partial charge in [0.25, 0.3) is 0 Å². The summed E-state index contributed by atoms with van der Waals surface area (Å²) in [7, 11) is 1.79. The number of benzene rings is 1. The highest BCUT2D eigenvalue weighted by atomic mass is 19.2. The predicted octanol–water partition coefficient (Wildman–Crippen LogP) is 4.02. The fourth-order valence-corrected chi connectivity index (χ4v) is 2.08. The van der Waals surface area contributed by atoms with Gasteiger partial charge < -0.3 is 9.84 Å². The molecule has 0 aliphatic heterocycles. The first-order valence-electron chi connectivity index (χ1n) is 6.64. The molecule has 2 atom stereocenters. The van der Waals surface area contributed by atoms with Crippen LogP contribution in [0, 0.1) is 23.5 Å². The Kier molecular flexibility index (Phi) is 9.98. The SMILES string of the molecule is CF.COc1cccc(F)c1F.O=C(O)[C@H]1CCC(CF)C1. The first kappa shape index (κ1) is 20.2. The van der Waals surface area contributed by atoms with Crippen LogP contribution in [0.25, 0.3) is 0 Å². The third-order valence-electron chi connectivity index (χ3n) is 3.24. The molecule has 0 radical (unpaired) electrons. The number of hydrogen-bond donors (Lipinski definition) is 1. The fourth-order valence-electron chi connectivity index (χ4n) is 2.08. The van der Waals surface area contributed by atoms with E-state index in [9.17, 15) is 22.4 Å². The number of hydrogen-bond acceptors (Lipinski definition) is 2. The lowest BCUT2D eigenvalue weighted by Crippen LogP contribution is -2.09. The Hall–Kier alpha value is -1.79. The van der Waals surface area contributed by atoms with Gasteiger partial charge in [-0.05, 0) is 37.3 Å². The van der Waals surface area contributed by atoms with E-state index < -0.39 is 17.6 Å². The predicted molar refractivity (Wildman–Crippen MR) is 74.4 cm³/mol. The summed E-state index contributed by atoms with van der Waals surface area (Å²) in [4.78, 5) is 10.3. The molecule has 1 unspecified atom stereocenters. The fraction of sp³-hybridized carbons (Fsp3) is 0.533. The van der Waals surface area contributed by atoms with E-state index in [-0.39, 0.29) is 24.3 Å². The van der Waals surface area contributed by atoms with Gasteiger partial charge in [-0.2, -0.15) is 4.39 Å². The highest BCUT2D eigenvalue weighted by Gasteiger charge is 2.29. The van der Waals surface area contributed by atoms with Crippen LogP contribution in [0.1, 0.15) is 19.3 Å². The summed E-state index contributed by atoms with van der Waals surface area (Å²) >= 11 is 0. The summed E-state index contributed by atoms with van der Waals surface area (Å²) in [5.41, 5.74) is 0. The minimum absolute atomic E-state index is 0.0149. The summed E-state index contributed by atoms with van der Waals surface area (Å²) < 4.78 is 50.8. The van der Waals surface area contributed by atoms with Gasteiger partial charge >= 0.3 is 5.97 Å². The Balaban J connectivity index is 0.000000360. The molecule has 1 fully saturated rings. The van der Waals surface area contributed by atoms with E-state index in [2.05, 4.69) is 4.74 Å². The van der Waals surface area contributed by atoms with Crippen LogP contribution >= 0.6 is 0 Å². The number of aliphatic carboxylic acids is 1. The second-order valence-electron chi connectivity index (χ2n) is 4.62. The summed E-state index contributed by atoms with van der Waals surface area (Å²) in [6.45, 7) is -0.357. The first-order chi connectivity index (χ1) is 10.5. The van der Waals surface area contributed by atoms with Gasteiger partial charge in [0.15, 0.2) is 11.6 Å². The Morgan fingerprint density at radius 1 is 1.32 bits per heavy atom. The highest BCUT2D eigenvalue weighted by molar-refractivity contribution is 5.70. The van der Waals surface area contributed by atoms with Gasteiger partial charge in [-0.25, -0.2) is 4.39 Å². The van der Waals surface area contributed by atoms with Crippen molar-refractivity contribution in [3.63, 3.8) is 0 Å². The molecule has 126 valence electrons. The summed E-state index contributed by atoms with van der Waals surface area (Å²) in [5.74, 6) is -2.93. The van der Waals surface area contributed by atoms with Crippen molar-refractivity contribution in [2.24, 2.45) is 11.8 Å². The van der Waals surface area contributed by atoms with Gasteiger partial charge in [0.2, 0.25) is 5.82 Å². The molecule has 7 heteroatoms. The lowest BCUT2D eigenvalue weighted by Gasteiger charge is -2.01.